The Morgan fingerprint density at radius 2 is 1.85 bits per heavy atom. The molecule has 182 valence electrons. The first-order valence-electron chi connectivity index (χ1n) is 10.7. The molecule has 0 radical (unpaired) electrons. The molecule has 2 aromatic carbocycles. The average Bonchev–Trinajstić information content (AvgIpc) is 3.12. The summed E-state index contributed by atoms with van der Waals surface area (Å²) in [5, 5.41) is 0.217. The third-order valence-electron chi connectivity index (χ3n) is 5.93. The van der Waals surface area contributed by atoms with Gasteiger partial charge in [0.2, 0.25) is 0 Å². The lowest BCUT2D eigenvalue weighted by atomic mass is 10.0. The lowest BCUT2D eigenvalue weighted by Crippen LogP contribution is -2.47. The number of halogens is 4. The van der Waals surface area contributed by atoms with Crippen molar-refractivity contribution in [2.75, 3.05) is 11.4 Å². The number of rotatable bonds is 6. The van der Waals surface area contributed by atoms with Crippen molar-refractivity contribution in [2.45, 2.75) is 37.5 Å². The molecule has 3 aromatic rings. The summed E-state index contributed by atoms with van der Waals surface area (Å²) in [6, 6.07) is 14.1. The van der Waals surface area contributed by atoms with E-state index >= 15 is 0 Å². The van der Waals surface area contributed by atoms with Gasteiger partial charge in [0.1, 0.15) is 0 Å². The predicted octanol–water partition coefficient (Wildman–Crippen LogP) is 4.75. The van der Waals surface area contributed by atoms with E-state index in [1.807, 2.05) is 48.5 Å². The second-order valence-corrected chi connectivity index (χ2v) is 10.7. The van der Waals surface area contributed by atoms with Crippen LogP contribution >= 0.6 is 11.6 Å². The molecule has 0 saturated carbocycles. The Kier molecular flexibility index (Phi) is 6.93. The summed E-state index contributed by atoms with van der Waals surface area (Å²) in [5.41, 5.74) is -2.73. The number of fused-ring (bicyclic) bond motifs is 1. The molecule has 2 heterocycles. The van der Waals surface area contributed by atoms with E-state index in [0.29, 0.717) is 40.6 Å². The van der Waals surface area contributed by atoms with Crippen LogP contribution in [0.15, 0.2) is 61.1 Å². The fraction of sp³-hybridized carbons (Fsp3) is 0.348. The molecule has 1 atom stereocenters. The van der Waals surface area contributed by atoms with Crippen molar-refractivity contribution in [3.63, 3.8) is 0 Å². The standard InChI is InChI=1S/C23H24ClF3N4O2S/c1-29-12-18(28-16-29)13-31-19(11-10-17-6-3-2-4-7-17)14-30(34(32,33)23(25,26)27)15-20-21(24)8-5-9-22(20)31/h2-9,12,16,19H,10-11,13-15H2,1H3. The van der Waals surface area contributed by atoms with Crippen molar-refractivity contribution >= 4 is 27.3 Å². The molecule has 0 bridgehead atoms. The van der Waals surface area contributed by atoms with Gasteiger partial charge in [0.05, 0.1) is 18.6 Å². The minimum atomic E-state index is -5.56. The maximum Gasteiger partial charge on any atom is 0.511 e. The van der Waals surface area contributed by atoms with Gasteiger partial charge >= 0.3 is 15.5 Å². The molecule has 0 N–H and O–H groups in total. The van der Waals surface area contributed by atoms with Gasteiger partial charge in [-0.1, -0.05) is 48.0 Å². The normalized spacial score (nSPS) is 17.4. The number of alkyl halides is 3. The summed E-state index contributed by atoms with van der Waals surface area (Å²) in [6.45, 7) is -0.489. The van der Waals surface area contributed by atoms with Gasteiger partial charge in [0, 0.05) is 48.6 Å². The fourth-order valence-electron chi connectivity index (χ4n) is 4.24. The Hall–Kier alpha value is -2.56. The first-order chi connectivity index (χ1) is 16.1. The van der Waals surface area contributed by atoms with Crippen LogP contribution in [0.5, 0.6) is 0 Å². The van der Waals surface area contributed by atoms with Crippen LogP contribution in [-0.2, 0) is 36.6 Å². The first-order valence-corrected chi connectivity index (χ1v) is 12.5. The van der Waals surface area contributed by atoms with Crippen LogP contribution in [-0.4, -0.2) is 40.4 Å². The van der Waals surface area contributed by atoms with Gasteiger partial charge in [-0.25, -0.2) is 13.4 Å². The molecule has 1 aliphatic rings. The van der Waals surface area contributed by atoms with E-state index in [0.717, 1.165) is 5.56 Å². The fourth-order valence-corrected chi connectivity index (χ4v) is 5.43. The van der Waals surface area contributed by atoms with Crippen molar-refractivity contribution in [3.05, 3.63) is 82.9 Å². The number of imidazole rings is 1. The molecule has 11 heteroatoms. The second kappa shape index (κ2) is 9.59. The van der Waals surface area contributed by atoms with Crippen LogP contribution in [0.25, 0.3) is 0 Å². The van der Waals surface area contributed by atoms with E-state index in [1.165, 1.54) is 0 Å². The zero-order chi connectivity index (χ0) is 24.5. The molecule has 1 aliphatic heterocycles. The summed E-state index contributed by atoms with van der Waals surface area (Å²) >= 11 is 6.39. The van der Waals surface area contributed by atoms with Crippen LogP contribution in [0.1, 0.15) is 23.2 Å². The van der Waals surface area contributed by atoms with Gasteiger partial charge in [-0.2, -0.15) is 17.5 Å². The summed E-state index contributed by atoms with van der Waals surface area (Å²) in [6.07, 6.45) is 4.48. The zero-order valence-corrected chi connectivity index (χ0v) is 20.0. The molecule has 1 unspecified atom stereocenters. The number of hydrogen-bond donors (Lipinski definition) is 0. The number of benzene rings is 2. The Morgan fingerprint density at radius 1 is 1.12 bits per heavy atom. The second-order valence-electron chi connectivity index (χ2n) is 8.32. The first kappa shape index (κ1) is 24.6. The number of hydrogen-bond acceptors (Lipinski definition) is 4. The SMILES string of the molecule is Cn1cnc(CN2c3cccc(Cl)c3CN(S(=O)(=O)C(F)(F)F)CC2CCc2ccccc2)c1. The molecular formula is C23H24ClF3N4O2S. The van der Waals surface area contributed by atoms with Gasteiger partial charge < -0.3 is 9.47 Å². The summed E-state index contributed by atoms with van der Waals surface area (Å²) in [7, 11) is -3.73. The van der Waals surface area contributed by atoms with E-state index in [-0.39, 0.29) is 11.6 Å². The Labute approximate surface area is 201 Å². The molecule has 34 heavy (non-hydrogen) atoms. The third-order valence-corrected chi connectivity index (χ3v) is 7.82. The van der Waals surface area contributed by atoms with Gasteiger partial charge in [-0.3, -0.25) is 0 Å². The van der Waals surface area contributed by atoms with Crippen molar-refractivity contribution in [1.29, 1.82) is 0 Å². The molecule has 0 fully saturated rings. The molecule has 0 saturated heterocycles. The predicted molar refractivity (Wildman–Crippen MR) is 125 cm³/mol. The summed E-state index contributed by atoms with van der Waals surface area (Å²) < 4.78 is 68.0. The maximum atomic E-state index is 13.6. The minimum absolute atomic E-state index is 0.217. The zero-order valence-electron chi connectivity index (χ0n) is 18.4. The summed E-state index contributed by atoms with van der Waals surface area (Å²) in [5.74, 6) is 0. The van der Waals surface area contributed by atoms with Crippen LogP contribution in [0.3, 0.4) is 0 Å². The highest BCUT2D eigenvalue weighted by atomic mass is 35.5. The lowest BCUT2D eigenvalue weighted by Gasteiger charge is -2.34. The smallest absolute Gasteiger partial charge is 0.361 e. The molecule has 1 aromatic heterocycles. The third kappa shape index (κ3) is 5.08. The Bertz CT molecular complexity index is 1250. The van der Waals surface area contributed by atoms with E-state index in [4.69, 9.17) is 11.6 Å². The highest BCUT2D eigenvalue weighted by Gasteiger charge is 2.51. The highest BCUT2D eigenvalue weighted by molar-refractivity contribution is 7.89. The van der Waals surface area contributed by atoms with Gasteiger partial charge in [0.15, 0.2) is 0 Å². The minimum Gasteiger partial charge on any atom is -0.361 e. The van der Waals surface area contributed by atoms with Crippen molar-refractivity contribution in [1.82, 2.24) is 13.9 Å². The molecule has 0 spiro atoms. The summed E-state index contributed by atoms with van der Waals surface area (Å²) in [4.78, 5) is 6.30. The molecule has 4 rings (SSSR count). The van der Waals surface area contributed by atoms with Crippen LogP contribution in [0, 0.1) is 0 Å². The number of aromatic nitrogens is 2. The monoisotopic (exact) mass is 512 g/mol. The topological polar surface area (TPSA) is 58.4 Å². The maximum absolute atomic E-state index is 13.6. The highest BCUT2D eigenvalue weighted by Crippen LogP contribution is 2.38. The van der Waals surface area contributed by atoms with Crippen molar-refractivity contribution < 1.29 is 21.6 Å². The number of nitrogens with zero attached hydrogens (tertiary/aromatic N) is 4. The van der Waals surface area contributed by atoms with Gasteiger partial charge in [-0.15, -0.1) is 0 Å². The van der Waals surface area contributed by atoms with Gasteiger partial charge in [0.25, 0.3) is 0 Å². The Balaban J connectivity index is 1.78. The average molecular weight is 513 g/mol. The molecule has 0 amide bonds. The Morgan fingerprint density at radius 3 is 2.50 bits per heavy atom. The van der Waals surface area contributed by atoms with E-state index < -0.39 is 28.1 Å². The molecular weight excluding hydrogens is 489 g/mol. The van der Waals surface area contributed by atoms with E-state index in [1.54, 1.807) is 29.1 Å². The van der Waals surface area contributed by atoms with Crippen LogP contribution in [0.4, 0.5) is 18.9 Å². The van der Waals surface area contributed by atoms with Crippen molar-refractivity contribution in [2.24, 2.45) is 7.05 Å². The molecule has 0 aliphatic carbocycles. The number of aryl methyl sites for hydroxylation is 2. The number of anilines is 1. The molecule has 6 nitrogen and oxygen atoms in total. The quantitative estimate of drug-likeness (QED) is 0.478. The van der Waals surface area contributed by atoms with E-state index in [9.17, 15) is 21.6 Å². The van der Waals surface area contributed by atoms with Gasteiger partial charge in [-0.05, 0) is 30.5 Å². The van der Waals surface area contributed by atoms with Crippen LogP contribution < -0.4 is 4.90 Å². The largest absolute Gasteiger partial charge is 0.511 e. The van der Waals surface area contributed by atoms with Crippen LogP contribution in [0.2, 0.25) is 5.02 Å². The number of sulfonamides is 1. The lowest BCUT2D eigenvalue weighted by molar-refractivity contribution is -0.0492. The van der Waals surface area contributed by atoms with Crippen molar-refractivity contribution in [3.8, 4) is 0 Å². The van der Waals surface area contributed by atoms with E-state index in [2.05, 4.69) is 4.98 Å².